The monoisotopic (exact) mass is 454 g/mol. The van der Waals surface area contributed by atoms with Crippen LogP contribution in [0.25, 0.3) is 17.1 Å². The van der Waals surface area contributed by atoms with Crippen LogP contribution in [0, 0.1) is 25.2 Å². The molecular weight excluding hydrogens is 432 g/mol. The lowest BCUT2D eigenvalue weighted by Gasteiger charge is -2.13. The van der Waals surface area contributed by atoms with E-state index in [4.69, 9.17) is 9.15 Å². The van der Waals surface area contributed by atoms with Crippen LogP contribution in [0.5, 0.6) is 0 Å². The van der Waals surface area contributed by atoms with Crippen molar-refractivity contribution in [3.63, 3.8) is 0 Å². The van der Waals surface area contributed by atoms with Crippen molar-refractivity contribution >= 4 is 17.7 Å². The number of esters is 1. The minimum Gasteiger partial charge on any atom is -0.455 e. The number of nitrogens with one attached hydrogen (secondary N) is 1. The number of hydrogen-bond acceptors (Lipinski definition) is 6. The standard InChI is InChI=1S/C26H22N4O4/c1-17-18(2)30(21-11-7-4-8-12-21)25(22(17)14-27)29-23(31)16-33-24(32)13-20-15-34-26(28-20)19-9-5-3-6-10-19/h3-12,15H,13,16H2,1-2H3,(H,29,31). The van der Waals surface area contributed by atoms with E-state index in [0.717, 1.165) is 22.5 Å². The van der Waals surface area contributed by atoms with Gasteiger partial charge in [0.05, 0.1) is 17.7 Å². The van der Waals surface area contributed by atoms with Gasteiger partial charge in [0.2, 0.25) is 5.89 Å². The number of benzene rings is 2. The first-order chi connectivity index (χ1) is 16.5. The SMILES string of the molecule is Cc1c(C#N)c(NC(=O)COC(=O)Cc2coc(-c3ccccc3)n2)n(-c2ccccc2)c1C. The number of nitrogens with zero attached hydrogens (tertiary/aromatic N) is 3. The zero-order valence-electron chi connectivity index (χ0n) is 18.7. The highest BCUT2D eigenvalue weighted by atomic mass is 16.5. The van der Waals surface area contributed by atoms with E-state index in [9.17, 15) is 14.9 Å². The van der Waals surface area contributed by atoms with Gasteiger partial charge >= 0.3 is 5.97 Å². The molecule has 2 aromatic heterocycles. The summed E-state index contributed by atoms with van der Waals surface area (Å²) in [5.74, 6) is -0.426. The Labute approximate surface area is 196 Å². The van der Waals surface area contributed by atoms with E-state index < -0.39 is 18.5 Å². The van der Waals surface area contributed by atoms with Crippen LogP contribution in [-0.2, 0) is 20.7 Å². The van der Waals surface area contributed by atoms with Gasteiger partial charge in [0.1, 0.15) is 18.2 Å². The maximum atomic E-state index is 12.6. The number of hydrogen-bond donors (Lipinski definition) is 1. The average molecular weight is 454 g/mol. The predicted octanol–water partition coefficient (Wildman–Crippen LogP) is 4.35. The third kappa shape index (κ3) is 4.74. The quantitative estimate of drug-likeness (QED) is 0.416. The van der Waals surface area contributed by atoms with Gasteiger partial charge in [-0.15, -0.1) is 0 Å². The number of carbonyl (C=O) groups is 2. The van der Waals surface area contributed by atoms with Crippen molar-refractivity contribution in [3.8, 4) is 23.2 Å². The number of amides is 1. The van der Waals surface area contributed by atoms with Crippen molar-refractivity contribution in [1.29, 1.82) is 5.26 Å². The fourth-order valence-corrected chi connectivity index (χ4v) is 3.58. The van der Waals surface area contributed by atoms with Crippen LogP contribution in [0.1, 0.15) is 22.5 Å². The molecule has 1 N–H and O–H groups in total. The Bertz CT molecular complexity index is 1370. The Kier molecular flexibility index (Phi) is 6.55. The number of nitriles is 1. The molecule has 0 aliphatic heterocycles. The minimum absolute atomic E-state index is 0.133. The third-order valence-corrected chi connectivity index (χ3v) is 5.36. The topological polar surface area (TPSA) is 110 Å². The molecule has 2 heterocycles. The number of ether oxygens (including phenoxy) is 1. The van der Waals surface area contributed by atoms with Crippen LogP contribution in [0.3, 0.4) is 0 Å². The summed E-state index contributed by atoms with van der Waals surface area (Å²) in [5.41, 5.74) is 3.95. The van der Waals surface area contributed by atoms with Crippen LogP contribution < -0.4 is 5.32 Å². The molecule has 0 saturated heterocycles. The molecule has 0 radical (unpaired) electrons. The second-order valence-corrected chi connectivity index (χ2v) is 7.61. The zero-order chi connectivity index (χ0) is 24.1. The Balaban J connectivity index is 1.41. The molecule has 0 bridgehead atoms. The van der Waals surface area contributed by atoms with Crippen molar-refractivity contribution in [2.24, 2.45) is 0 Å². The van der Waals surface area contributed by atoms with Crippen molar-refractivity contribution in [2.75, 3.05) is 11.9 Å². The number of aromatic nitrogens is 2. The molecule has 8 heteroatoms. The van der Waals surface area contributed by atoms with Gasteiger partial charge in [-0.2, -0.15) is 5.26 Å². The van der Waals surface area contributed by atoms with Crippen LogP contribution >= 0.6 is 0 Å². The summed E-state index contributed by atoms with van der Waals surface area (Å²) >= 11 is 0. The molecule has 0 spiro atoms. The van der Waals surface area contributed by atoms with Crippen LogP contribution in [0.2, 0.25) is 0 Å². The van der Waals surface area contributed by atoms with Crippen molar-refractivity contribution in [3.05, 3.63) is 89.4 Å². The van der Waals surface area contributed by atoms with Crippen LogP contribution in [0.4, 0.5) is 5.82 Å². The van der Waals surface area contributed by atoms with E-state index in [0.29, 0.717) is 23.0 Å². The molecule has 170 valence electrons. The highest BCUT2D eigenvalue weighted by molar-refractivity contribution is 5.94. The van der Waals surface area contributed by atoms with Crippen molar-refractivity contribution < 1.29 is 18.7 Å². The average Bonchev–Trinajstić information content (AvgIpc) is 3.41. The van der Waals surface area contributed by atoms with Crippen molar-refractivity contribution in [1.82, 2.24) is 9.55 Å². The summed E-state index contributed by atoms with van der Waals surface area (Å²) < 4.78 is 12.3. The highest BCUT2D eigenvalue weighted by Gasteiger charge is 2.21. The van der Waals surface area contributed by atoms with Crippen LogP contribution in [-0.4, -0.2) is 28.0 Å². The first-order valence-corrected chi connectivity index (χ1v) is 10.6. The number of oxazole rings is 1. The molecule has 0 saturated carbocycles. The van der Waals surface area contributed by atoms with Gasteiger partial charge in [-0.1, -0.05) is 36.4 Å². The fourth-order valence-electron chi connectivity index (χ4n) is 3.58. The molecule has 0 aliphatic rings. The van der Waals surface area contributed by atoms with Gasteiger partial charge < -0.3 is 14.5 Å². The van der Waals surface area contributed by atoms with E-state index in [-0.39, 0.29) is 6.42 Å². The van der Waals surface area contributed by atoms with Gasteiger partial charge in [-0.3, -0.25) is 14.2 Å². The summed E-state index contributed by atoms with van der Waals surface area (Å²) in [4.78, 5) is 29.1. The van der Waals surface area contributed by atoms with Gasteiger partial charge in [-0.25, -0.2) is 4.98 Å². The highest BCUT2D eigenvalue weighted by Crippen LogP contribution is 2.29. The first-order valence-electron chi connectivity index (χ1n) is 10.6. The Morgan fingerprint density at radius 1 is 1.09 bits per heavy atom. The molecule has 1 amide bonds. The second kappa shape index (κ2) is 9.88. The maximum absolute atomic E-state index is 12.6. The molecule has 0 aliphatic carbocycles. The molecule has 2 aromatic carbocycles. The van der Waals surface area contributed by atoms with Gasteiger partial charge in [0, 0.05) is 16.9 Å². The predicted molar refractivity (Wildman–Crippen MR) is 125 cm³/mol. The lowest BCUT2D eigenvalue weighted by molar-refractivity contribution is -0.146. The van der Waals surface area contributed by atoms with E-state index in [1.165, 1.54) is 6.26 Å². The summed E-state index contributed by atoms with van der Waals surface area (Å²) in [6.07, 6.45) is 1.26. The van der Waals surface area contributed by atoms with E-state index in [2.05, 4.69) is 16.4 Å². The minimum atomic E-state index is -0.616. The fraction of sp³-hybridized carbons (Fsp3) is 0.154. The Morgan fingerprint density at radius 2 is 1.76 bits per heavy atom. The molecule has 0 unspecified atom stereocenters. The van der Waals surface area contributed by atoms with E-state index in [1.807, 2.05) is 74.5 Å². The van der Waals surface area contributed by atoms with Gasteiger partial charge in [0.15, 0.2) is 6.61 Å². The molecular formula is C26H22N4O4. The molecule has 0 fully saturated rings. The van der Waals surface area contributed by atoms with Gasteiger partial charge in [0.25, 0.3) is 5.91 Å². The molecule has 4 aromatic rings. The lowest BCUT2D eigenvalue weighted by atomic mass is 10.2. The van der Waals surface area contributed by atoms with Crippen LogP contribution in [0.15, 0.2) is 71.3 Å². The smallest absolute Gasteiger partial charge is 0.312 e. The lowest BCUT2D eigenvalue weighted by Crippen LogP contribution is -2.23. The molecule has 0 atom stereocenters. The Hall–Kier alpha value is -4.64. The number of anilines is 1. The number of rotatable bonds is 7. The van der Waals surface area contributed by atoms with E-state index in [1.54, 1.807) is 4.57 Å². The number of para-hydroxylation sites is 1. The van der Waals surface area contributed by atoms with E-state index >= 15 is 0 Å². The Morgan fingerprint density at radius 3 is 2.44 bits per heavy atom. The normalized spacial score (nSPS) is 10.5. The summed E-state index contributed by atoms with van der Waals surface area (Å²) in [7, 11) is 0. The largest absolute Gasteiger partial charge is 0.455 e. The second-order valence-electron chi connectivity index (χ2n) is 7.61. The molecule has 4 rings (SSSR count). The summed E-state index contributed by atoms with van der Waals surface area (Å²) in [5, 5.41) is 12.4. The first kappa shape index (κ1) is 22.6. The molecule has 8 nitrogen and oxygen atoms in total. The summed E-state index contributed by atoms with van der Waals surface area (Å²) in [6.45, 7) is 3.20. The van der Waals surface area contributed by atoms with Crippen molar-refractivity contribution in [2.45, 2.75) is 20.3 Å². The maximum Gasteiger partial charge on any atom is 0.312 e. The molecule has 34 heavy (non-hydrogen) atoms. The van der Waals surface area contributed by atoms with Gasteiger partial charge in [-0.05, 0) is 43.7 Å². The zero-order valence-corrected chi connectivity index (χ0v) is 18.7. The summed E-state index contributed by atoms with van der Waals surface area (Å²) in [6, 6.07) is 20.8. The third-order valence-electron chi connectivity index (χ3n) is 5.36. The number of carbonyl (C=O) groups excluding carboxylic acids is 2.